The van der Waals surface area contributed by atoms with Crippen LogP contribution in [0.2, 0.25) is 0 Å². The van der Waals surface area contributed by atoms with Crippen LogP contribution in [0.25, 0.3) is 0 Å². The second-order valence-corrected chi connectivity index (χ2v) is 5.27. The van der Waals surface area contributed by atoms with Gasteiger partial charge in [-0.1, -0.05) is 0 Å². The van der Waals surface area contributed by atoms with Crippen molar-refractivity contribution in [3.63, 3.8) is 0 Å². The molecule has 2 atom stereocenters. The number of amides is 1. The maximum Gasteiger partial charge on any atom is 0.310 e. The fourth-order valence-corrected chi connectivity index (χ4v) is 2.77. The van der Waals surface area contributed by atoms with Crippen LogP contribution in [0, 0.1) is 5.92 Å². The Bertz CT molecular complexity index is 329. The number of hydrogen-bond donors (Lipinski definition) is 0. The summed E-state index contributed by atoms with van der Waals surface area (Å²) in [7, 11) is 0. The van der Waals surface area contributed by atoms with Crippen molar-refractivity contribution >= 4 is 11.9 Å². The molecular formula is C15H28N2O3. The summed E-state index contributed by atoms with van der Waals surface area (Å²) >= 11 is 0. The average molecular weight is 284 g/mol. The van der Waals surface area contributed by atoms with Gasteiger partial charge in [0.15, 0.2) is 0 Å². The topological polar surface area (TPSA) is 49.9 Å². The number of piperidine rings is 1. The Kier molecular flexibility index (Phi) is 6.99. The molecule has 1 rings (SSSR count). The SMILES string of the molecule is CCOC(=O)[C@H]1CCCN(C(C)C(=O)N(CC)CC)C1. The molecule has 1 aliphatic rings. The van der Waals surface area contributed by atoms with Gasteiger partial charge in [0.1, 0.15) is 0 Å². The van der Waals surface area contributed by atoms with Crippen LogP contribution in [0.3, 0.4) is 0 Å². The van der Waals surface area contributed by atoms with Crippen molar-refractivity contribution < 1.29 is 14.3 Å². The number of esters is 1. The molecule has 1 aliphatic heterocycles. The van der Waals surface area contributed by atoms with Crippen LogP contribution in [0.5, 0.6) is 0 Å². The van der Waals surface area contributed by atoms with Gasteiger partial charge in [0.2, 0.25) is 5.91 Å². The molecule has 0 spiro atoms. The number of carbonyl (C=O) groups excluding carboxylic acids is 2. The highest BCUT2D eigenvalue weighted by Crippen LogP contribution is 2.20. The van der Waals surface area contributed by atoms with Crippen molar-refractivity contribution in [2.45, 2.75) is 46.6 Å². The predicted molar refractivity (Wildman–Crippen MR) is 78.3 cm³/mol. The minimum absolute atomic E-state index is 0.0874. The highest BCUT2D eigenvalue weighted by atomic mass is 16.5. The van der Waals surface area contributed by atoms with Crippen molar-refractivity contribution in [1.82, 2.24) is 9.80 Å². The van der Waals surface area contributed by atoms with E-state index in [9.17, 15) is 9.59 Å². The summed E-state index contributed by atoms with van der Waals surface area (Å²) in [5.74, 6) is -0.0603. The molecule has 0 aromatic heterocycles. The zero-order valence-electron chi connectivity index (χ0n) is 13.2. The zero-order valence-corrected chi connectivity index (χ0v) is 13.2. The van der Waals surface area contributed by atoms with Gasteiger partial charge in [-0.3, -0.25) is 14.5 Å². The molecule has 1 saturated heterocycles. The number of hydrogen-bond acceptors (Lipinski definition) is 4. The molecule has 0 saturated carbocycles. The zero-order chi connectivity index (χ0) is 15.1. The Morgan fingerprint density at radius 1 is 1.30 bits per heavy atom. The van der Waals surface area contributed by atoms with Crippen LogP contribution in [-0.4, -0.2) is 60.5 Å². The molecule has 0 bridgehead atoms. The summed E-state index contributed by atoms with van der Waals surface area (Å²) in [5, 5.41) is 0. The van der Waals surface area contributed by atoms with E-state index >= 15 is 0 Å². The van der Waals surface area contributed by atoms with Crippen molar-refractivity contribution in [3.05, 3.63) is 0 Å². The molecule has 1 fully saturated rings. The first kappa shape index (κ1) is 17.0. The Morgan fingerprint density at radius 2 is 1.95 bits per heavy atom. The summed E-state index contributed by atoms with van der Waals surface area (Å²) < 4.78 is 5.10. The molecular weight excluding hydrogens is 256 g/mol. The number of ether oxygens (including phenoxy) is 1. The van der Waals surface area contributed by atoms with Gasteiger partial charge in [0, 0.05) is 19.6 Å². The molecule has 0 aromatic rings. The minimum Gasteiger partial charge on any atom is -0.466 e. The van der Waals surface area contributed by atoms with Gasteiger partial charge in [0.05, 0.1) is 18.6 Å². The fraction of sp³-hybridized carbons (Fsp3) is 0.867. The summed E-state index contributed by atoms with van der Waals surface area (Å²) in [6, 6.07) is -0.160. The maximum atomic E-state index is 12.4. The number of likely N-dealkylation sites (tertiary alicyclic amines) is 1. The lowest BCUT2D eigenvalue weighted by molar-refractivity contribution is -0.151. The van der Waals surface area contributed by atoms with Gasteiger partial charge in [-0.15, -0.1) is 0 Å². The first-order valence-corrected chi connectivity index (χ1v) is 7.74. The van der Waals surface area contributed by atoms with Crippen molar-refractivity contribution in [1.29, 1.82) is 0 Å². The van der Waals surface area contributed by atoms with Gasteiger partial charge in [-0.25, -0.2) is 0 Å². The van der Waals surface area contributed by atoms with Crippen LogP contribution in [-0.2, 0) is 14.3 Å². The minimum atomic E-state index is -0.160. The van der Waals surface area contributed by atoms with E-state index in [0.717, 1.165) is 32.5 Å². The van der Waals surface area contributed by atoms with Gasteiger partial charge in [-0.05, 0) is 47.1 Å². The molecule has 1 unspecified atom stereocenters. The highest BCUT2D eigenvalue weighted by molar-refractivity contribution is 5.81. The third-order valence-corrected chi connectivity index (χ3v) is 4.05. The summed E-state index contributed by atoms with van der Waals surface area (Å²) in [4.78, 5) is 28.2. The first-order valence-electron chi connectivity index (χ1n) is 7.74. The van der Waals surface area contributed by atoms with E-state index in [1.807, 2.05) is 32.6 Å². The molecule has 1 heterocycles. The standard InChI is InChI=1S/C15H28N2O3/c1-5-16(6-2)14(18)12(4)17-10-8-9-13(11-17)15(19)20-7-3/h12-13H,5-11H2,1-4H3/t12?,13-/m0/s1. The second-order valence-electron chi connectivity index (χ2n) is 5.27. The molecule has 1 amide bonds. The van der Waals surface area contributed by atoms with Gasteiger partial charge >= 0.3 is 5.97 Å². The van der Waals surface area contributed by atoms with E-state index in [0.29, 0.717) is 13.2 Å². The van der Waals surface area contributed by atoms with E-state index in [1.165, 1.54) is 0 Å². The second kappa shape index (κ2) is 8.25. The largest absolute Gasteiger partial charge is 0.466 e. The quantitative estimate of drug-likeness (QED) is 0.694. The molecule has 20 heavy (non-hydrogen) atoms. The fourth-order valence-electron chi connectivity index (χ4n) is 2.77. The summed E-state index contributed by atoms with van der Waals surface area (Å²) in [6.07, 6.45) is 1.81. The molecule has 5 nitrogen and oxygen atoms in total. The third kappa shape index (κ3) is 4.20. The first-order chi connectivity index (χ1) is 9.54. The van der Waals surface area contributed by atoms with Gasteiger partial charge in [-0.2, -0.15) is 0 Å². The molecule has 0 aliphatic carbocycles. The maximum absolute atomic E-state index is 12.4. The molecule has 116 valence electrons. The summed E-state index contributed by atoms with van der Waals surface area (Å²) in [5.41, 5.74) is 0. The van der Waals surface area contributed by atoms with Crippen LogP contribution in [0.4, 0.5) is 0 Å². The highest BCUT2D eigenvalue weighted by Gasteiger charge is 2.32. The average Bonchev–Trinajstić information content (AvgIpc) is 2.48. The lowest BCUT2D eigenvalue weighted by Gasteiger charge is -2.36. The predicted octanol–water partition coefficient (Wildman–Crippen LogP) is 1.52. The van der Waals surface area contributed by atoms with Gasteiger partial charge in [0.25, 0.3) is 0 Å². The number of likely N-dealkylation sites (N-methyl/N-ethyl adjacent to an activating group) is 1. The Hall–Kier alpha value is -1.10. The van der Waals surface area contributed by atoms with Crippen molar-refractivity contribution in [2.75, 3.05) is 32.8 Å². The Labute approximate surface area is 122 Å². The molecule has 0 N–H and O–H groups in total. The van der Waals surface area contributed by atoms with Crippen LogP contribution >= 0.6 is 0 Å². The molecule has 0 aromatic carbocycles. The van der Waals surface area contributed by atoms with Gasteiger partial charge < -0.3 is 9.64 Å². The number of carbonyl (C=O) groups is 2. The molecule has 0 radical (unpaired) electrons. The van der Waals surface area contributed by atoms with E-state index < -0.39 is 0 Å². The third-order valence-electron chi connectivity index (χ3n) is 4.05. The van der Waals surface area contributed by atoms with Crippen LogP contribution in [0.1, 0.15) is 40.5 Å². The van der Waals surface area contributed by atoms with Crippen LogP contribution in [0.15, 0.2) is 0 Å². The number of rotatable bonds is 6. The Balaban J connectivity index is 2.62. The lowest BCUT2D eigenvalue weighted by Crippen LogP contribution is -2.51. The van der Waals surface area contributed by atoms with E-state index in [-0.39, 0.29) is 23.8 Å². The van der Waals surface area contributed by atoms with Crippen LogP contribution < -0.4 is 0 Å². The van der Waals surface area contributed by atoms with Crippen molar-refractivity contribution in [3.8, 4) is 0 Å². The Morgan fingerprint density at radius 3 is 2.50 bits per heavy atom. The van der Waals surface area contributed by atoms with E-state index in [1.54, 1.807) is 0 Å². The molecule has 5 heteroatoms. The normalized spacial score (nSPS) is 21.3. The summed E-state index contributed by atoms with van der Waals surface area (Å²) in [6.45, 7) is 11.1. The van der Waals surface area contributed by atoms with E-state index in [4.69, 9.17) is 4.74 Å². The van der Waals surface area contributed by atoms with E-state index in [2.05, 4.69) is 4.90 Å². The number of nitrogens with zero attached hydrogens (tertiary/aromatic N) is 2. The monoisotopic (exact) mass is 284 g/mol. The van der Waals surface area contributed by atoms with Crippen molar-refractivity contribution in [2.24, 2.45) is 5.92 Å². The smallest absolute Gasteiger partial charge is 0.310 e. The lowest BCUT2D eigenvalue weighted by atomic mass is 9.96.